The van der Waals surface area contributed by atoms with E-state index in [4.69, 9.17) is 0 Å². The molecule has 0 aliphatic carbocycles. The van der Waals surface area contributed by atoms with Crippen LogP contribution in [0.25, 0.3) is 22.3 Å². The van der Waals surface area contributed by atoms with Gasteiger partial charge in [0.25, 0.3) is 5.69 Å². The number of nitro benzene ring substituents is 1. The van der Waals surface area contributed by atoms with Crippen LogP contribution in [0.1, 0.15) is 0 Å². The third kappa shape index (κ3) is 3.75. The molecule has 0 aliphatic heterocycles. The molecule has 0 saturated heterocycles. The second-order valence-corrected chi connectivity index (χ2v) is 6.90. The van der Waals surface area contributed by atoms with Gasteiger partial charge in [0.2, 0.25) is 0 Å². The minimum Gasteiger partial charge on any atom is -0.378 e. The molecule has 0 bridgehead atoms. The van der Waals surface area contributed by atoms with Gasteiger partial charge in [-0.05, 0) is 30.3 Å². The zero-order valence-corrected chi connectivity index (χ0v) is 16.3. The summed E-state index contributed by atoms with van der Waals surface area (Å²) in [7, 11) is 3.89. The number of hydrogen-bond donors (Lipinski definition) is 1. The molecule has 0 atom stereocenters. The normalized spacial score (nSPS) is 10.8. The first-order valence-electron chi connectivity index (χ1n) is 9.18. The number of aromatic nitrogens is 2. The summed E-state index contributed by atoms with van der Waals surface area (Å²) in [6, 6.07) is 18.4. The molecule has 0 saturated carbocycles. The zero-order chi connectivity index (χ0) is 21.3. The van der Waals surface area contributed by atoms with Crippen LogP contribution >= 0.6 is 0 Å². The van der Waals surface area contributed by atoms with Crippen molar-refractivity contribution in [1.82, 2.24) is 9.97 Å². The molecule has 0 unspecified atom stereocenters. The molecule has 1 N–H and O–H groups in total. The summed E-state index contributed by atoms with van der Waals surface area (Å²) in [5, 5.41) is 14.7. The molecule has 150 valence electrons. The lowest BCUT2D eigenvalue weighted by Crippen LogP contribution is -2.08. The van der Waals surface area contributed by atoms with E-state index in [1.54, 1.807) is 0 Å². The molecule has 8 heteroatoms. The molecule has 7 nitrogen and oxygen atoms in total. The van der Waals surface area contributed by atoms with Crippen molar-refractivity contribution in [2.45, 2.75) is 0 Å². The highest BCUT2D eigenvalue weighted by Gasteiger charge is 2.15. The Labute approximate surface area is 172 Å². The topological polar surface area (TPSA) is 84.2 Å². The van der Waals surface area contributed by atoms with Crippen LogP contribution < -0.4 is 10.2 Å². The SMILES string of the molecule is CN(C)c1cccc(-c2nc(Nc3cc([N+](=O)[O-])ccc3F)c3ccccc3n2)c1. The van der Waals surface area contributed by atoms with Crippen molar-refractivity contribution in [1.29, 1.82) is 0 Å². The standard InChI is InChI=1S/C22H18FN5O2/c1-27(2)15-7-5-6-14(12-15)21-24-19-9-4-3-8-17(19)22(26-21)25-20-13-16(28(29)30)10-11-18(20)23/h3-13H,1-2H3,(H,24,25,26). The van der Waals surface area contributed by atoms with Crippen LogP contribution in [0.2, 0.25) is 0 Å². The summed E-state index contributed by atoms with van der Waals surface area (Å²) in [5.74, 6) is 0.218. The average Bonchev–Trinajstić information content (AvgIpc) is 2.75. The minimum atomic E-state index is -0.612. The summed E-state index contributed by atoms with van der Waals surface area (Å²) in [6.07, 6.45) is 0. The quantitative estimate of drug-likeness (QED) is 0.366. The van der Waals surface area contributed by atoms with Crippen LogP contribution in [0.5, 0.6) is 0 Å². The Morgan fingerprint density at radius 1 is 1.00 bits per heavy atom. The number of nitro groups is 1. The fourth-order valence-corrected chi connectivity index (χ4v) is 3.07. The van der Waals surface area contributed by atoms with Crippen molar-refractivity contribution in [3.8, 4) is 11.4 Å². The number of benzene rings is 3. The molecule has 1 heterocycles. The van der Waals surface area contributed by atoms with Crippen LogP contribution in [-0.2, 0) is 0 Å². The van der Waals surface area contributed by atoms with Crippen molar-refractivity contribution in [2.75, 3.05) is 24.3 Å². The molecule has 0 radical (unpaired) electrons. The summed E-state index contributed by atoms with van der Waals surface area (Å²) >= 11 is 0. The fraction of sp³-hybridized carbons (Fsp3) is 0.0909. The Balaban J connectivity index is 1.85. The fourth-order valence-electron chi connectivity index (χ4n) is 3.07. The van der Waals surface area contributed by atoms with Crippen LogP contribution in [0, 0.1) is 15.9 Å². The van der Waals surface area contributed by atoms with Gasteiger partial charge in [0, 0.05) is 42.9 Å². The van der Waals surface area contributed by atoms with E-state index in [-0.39, 0.29) is 11.4 Å². The number of halogens is 1. The molecular formula is C22H18FN5O2. The van der Waals surface area contributed by atoms with Crippen molar-refractivity contribution >= 4 is 33.8 Å². The Hall–Kier alpha value is -4.07. The van der Waals surface area contributed by atoms with Gasteiger partial charge in [-0.1, -0.05) is 24.3 Å². The molecule has 0 fully saturated rings. The van der Waals surface area contributed by atoms with Gasteiger partial charge in [-0.25, -0.2) is 14.4 Å². The highest BCUT2D eigenvalue weighted by molar-refractivity contribution is 5.92. The first-order chi connectivity index (χ1) is 14.4. The van der Waals surface area contributed by atoms with E-state index in [1.807, 2.05) is 67.5 Å². The molecule has 3 aromatic carbocycles. The monoisotopic (exact) mass is 403 g/mol. The van der Waals surface area contributed by atoms with E-state index >= 15 is 0 Å². The zero-order valence-electron chi connectivity index (χ0n) is 16.3. The first kappa shape index (κ1) is 19.3. The number of para-hydroxylation sites is 1. The maximum absolute atomic E-state index is 14.4. The Morgan fingerprint density at radius 2 is 1.80 bits per heavy atom. The predicted octanol–water partition coefficient (Wildman–Crippen LogP) is 5.15. The van der Waals surface area contributed by atoms with Gasteiger partial charge in [0.1, 0.15) is 11.6 Å². The lowest BCUT2D eigenvalue weighted by atomic mass is 10.1. The lowest BCUT2D eigenvalue weighted by Gasteiger charge is -2.14. The molecule has 1 aromatic heterocycles. The number of fused-ring (bicyclic) bond motifs is 1. The van der Waals surface area contributed by atoms with Gasteiger partial charge in [-0.3, -0.25) is 10.1 Å². The van der Waals surface area contributed by atoms with Gasteiger partial charge in [0.05, 0.1) is 16.1 Å². The van der Waals surface area contributed by atoms with Crippen LogP contribution in [-0.4, -0.2) is 29.0 Å². The third-order valence-corrected chi connectivity index (χ3v) is 4.64. The maximum Gasteiger partial charge on any atom is 0.271 e. The summed E-state index contributed by atoms with van der Waals surface area (Å²) in [4.78, 5) is 21.7. The number of hydrogen-bond acceptors (Lipinski definition) is 6. The molecule has 0 aliphatic rings. The third-order valence-electron chi connectivity index (χ3n) is 4.64. The molecular weight excluding hydrogens is 385 g/mol. The van der Waals surface area contributed by atoms with Crippen molar-refractivity contribution in [2.24, 2.45) is 0 Å². The Morgan fingerprint density at radius 3 is 2.57 bits per heavy atom. The molecule has 4 rings (SSSR count). The second-order valence-electron chi connectivity index (χ2n) is 6.90. The van der Waals surface area contributed by atoms with Crippen molar-refractivity contribution in [3.63, 3.8) is 0 Å². The van der Waals surface area contributed by atoms with E-state index in [2.05, 4.69) is 15.3 Å². The average molecular weight is 403 g/mol. The number of anilines is 3. The van der Waals surface area contributed by atoms with Crippen LogP contribution in [0.4, 0.5) is 27.3 Å². The lowest BCUT2D eigenvalue weighted by molar-refractivity contribution is -0.384. The summed E-state index contributed by atoms with van der Waals surface area (Å²) in [6.45, 7) is 0. The first-order valence-corrected chi connectivity index (χ1v) is 9.18. The molecule has 0 spiro atoms. The Kier molecular flexibility index (Phi) is 4.97. The molecule has 30 heavy (non-hydrogen) atoms. The van der Waals surface area contributed by atoms with Crippen LogP contribution in [0.3, 0.4) is 0 Å². The molecule has 0 amide bonds. The number of rotatable bonds is 5. The van der Waals surface area contributed by atoms with E-state index < -0.39 is 10.7 Å². The summed E-state index contributed by atoms with van der Waals surface area (Å²) < 4.78 is 14.4. The number of nitrogens with zero attached hydrogens (tertiary/aromatic N) is 4. The summed E-state index contributed by atoms with van der Waals surface area (Å²) in [5.41, 5.74) is 2.22. The van der Waals surface area contributed by atoms with Gasteiger partial charge in [-0.2, -0.15) is 0 Å². The van der Waals surface area contributed by atoms with Gasteiger partial charge in [-0.15, -0.1) is 0 Å². The molecule has 4 aromatic rings. The highest BCUT2D eigenvalue weighted by Crippen LogP contribution is 2.30. The van der Waals surface area contributed by atoms with Gasteiger partial charge in [0.15, 0.2) is 5.82 Å². The number of nitrogens with one attached hydrogen (secondary N) is 1. The van der Waals surface area contributed by atoms with E-state index in [1.165, 1.54) is 0 Å². The van der Waals surface area contributed by atoms with Crippen molar-refractivity contribution in [3.05, 3.63) is 82.7 Å². The van der Waals surface area contributed by atoms with Crippen molar-refractivity contribution < 1.29 is 9.31 Å². The van der Waals surface area contributed by atoms with Gasteiger partial charge >= 0.3 is 0 Å². The smallest absolute Gasteiger partial charge is 0.271 e. The second kappa shape index (κ2) is 7.75. The minimum absolute atomic E-state index is 0.0268. The van der Waals surface area contributed by atoms with E-state index in [9.17, 15) is 14.5 Å². The van der Waals surface area contributed by atoms with E-state index in [0.29, 0.717) is 22.5 Å². The largest absolute Gasteiger partial charge is 0.378 e. The maximum atomic E-state index is 14.4. The highest BCUT2D eigenvalue weighted by atomic mass is 19.1. The number of non-ortho nitro benzene ring substituents is 1. The van der Waals surface area contributed by atoms with Gasteiger partial charge < -0.3 is 10.2 Å². The predicted molar refractivity (Wildman–Crippen MR) is 116 cm³/mol. The van der Waals surface area contributed by atoms with Crippen LogP contribution in [0.15, 0.2) is 66.7 Å². The Bertz CT molecular complexity index is 1260. The van der Waals surface area contributed by atoms with E-state index in [0.717, 1.165) is 29.4 Å².